The Bertz CT molecular complexity index is 346. The van der Waals surface area contributed by atoms with Gasteiger partial charge in [0.25, 0.3) is 0 Å². The maximum atomic E-state index is 13.0. The molecule has 0 fully saturated rings. The largest absolute Gasteiger partial charge is 0.305 e. The molecule has 0 unspecified atom stereocenters. The topological polar surface area (TPSA) is 21.3 Å². The Morgan fingerprint density at radius 2 is 1.93 bits per heavy atom. The van der Waals surface area contributed by atoms with Crippen molar-refractivity contribution in [1.82, 2.24) is 5.48 Å². The van der Waals surface area contributed by atoms with Gasteiger partial charge in [-0.25, -0.2) is 13.2 Å². The fourth-order valence-corrected chi connectivity index (χ4v) is 1.35. The Balaban J connectivity index is 3.06. The fraction of sp³-hybridized carbons (Fsp3) is 0.250. The molecule has 0 radical (unpaired) electrons. The summed E-state index contributed by atoms with van der Waals surface area (Å²) in [6.07, 6.45) is 0. The van der Waals surface area contributed by atoms with Crippen LogP contribution in [-0.4, -0.2) is 7.11 Å². The summed E-state index contributed by atoms with van der Waals surface area (Å²) in [5.41, 5.74) is 2.31. The van der Waals surface area contributed by atoms with Crippen LogP contribution in [0.1, 0.15) is 5.56 Å². The minimum absolute atomic E-state index is 0.0161. The first-order valence-corrected chi connectivity index (χ1v) is 4.45. The molecule has 0 aliphatic carbocycles. The SMILES string of the molecule is CONCc1cc(Br)c(F)c(F)c1F. The van der Waals surface area contributed by atoms with Gasteiger partial charge in [-0.15, -0.1) is 0 Å². The molecular formula is C8H7BrF3NO. The molecule has 0 atom stereocenters. The van der Waals surface area contributed by atoms with E-state index in [1.807, 2.05) is 0 Å². The van der Waals surface area contributed by atoms with Crippen LogP contribution in [0, 0.1) is 17.5 Å². The lowest BCUT2D eigenvalue weighted by Crippen LogP contribution is -2.13. The summed E-state index contributed by atoms with van der Waals surface area (Å²) in [4.78, 5) is 4.46. The monoisotopic (exact) mass is 269 g/mol. The minimum Gasteiger partial charge on any atom is -0.305 e. The predicted molar refractivity (Wildman–Crippen MR) is 47.9 cm³/mol. The van der Waals surface area contributed by atoms with Gasteiger partial charge in [0.1, 0.15) is 0 Å². The summed E-state index contributed by atoms with van der Waals surface area (Å²) in [7, 11) is 1.34. The molecule has 1 rings (SSSR count). The molecule has 0 spiro atoms. The second-order valence-corrected chi connectivity index (χ2v) is 3.34. The third-order valence-corrected chi connectivity index (χ3v) is 2.16. The molecule has 0 saturated carbocycles. The lowest BCUT2D eigenvalue weighted by atomic mass is 10.2. The van der Waals surface area contributed by atoms with Gasteiger partial charge in [-0.05, 0) is 22.0 Å². The first kappa shape index (κ1) is 11.5. The van der Waals surface area contributed by atoms with E-state index in [9.17, 15) is 13.2 Å². The summed E-state index contributed by atoms with van der Waals surface area (Å²) in [5, 5.41) is 0. The molecule has 0 saturated heterocycles. The molecular weight excluding hydrogens is 263 g/mol. The van der Waals surface area contributed by atoms with Crippen LogP contribution in [-0.2, 0) is 11.4 Å². The maximum absolute atomic E-state index is 13.0. The molecule has 0 heterocycles. The van der Waals surface area contributed by atoms with E-state index in [-0.39, 0.29) is 16.6 Å². The average molecular weight is 270 g/mol. The molecule has 6 heteroatoms. The van der Waals surface area contributed by atoms with Crippen molar-refractivity contribution < 1.29 is 18.0 Å². The van der Waals surface area contributed by atoms with Crippen molar-refractivity contribution in [3.63, 3.8) is 0 Å². The standard InChI is InChI=1S/C8H7BrF3NO/c1-14-13-3-4-2-5(9)7(11)8(12)6(4)10/h2,13H,3H2,1H3. The summed E-state index contributed by atoms with van der Waals surface area (Å²) in [6.45, 7) is -0.0435. The number of hydroxylamine groups is 1. The third-order valence-electron chi connectivity index (χ3n) is 1.58. The van der Waals surface area contributed by atoms with Crippen molar-refractivity contribution in [3.05, 3.63) is 33.6 Å². The molecule has 1 aromatic rings. The normalized spacial score (nSPS) is 10.6. The van der Waals surface area contributed by atoms with Crippen LogP contribution in [0.2, 0.25) is 0 Å². The molecule has 0 amide bonds. The molecule has 1 N–H and O–H groups in total. The lowest BCUT2D eigenvalue weighted by molar-refractivity contribution is 0.0857. The van der Waals surface area contributed by atoms with E-state index in [4.69, 9.17) is 0 Å². The van der Waals surface area contributed by atoms with Gasteiger partial charge in [-0.3, -0.25) is 0 Å². The zero-order chi connectivity index (χ0) is 10.7. The van der Waals surface area contributed by atoms with Crippen LogP contribution in [0.5, 0.6) is 0 Å². The van der Waals surface area contributed by atoms with Gasteiger partial charge in [0.2, 0.25) is 0 Å². The number of rotatable bonds is 3. The smallest absolute Gasteiger partial charge is 0.195 e. The van der Waals surface area contributed by atoms with E-state index in [2.05, 4.69) is 26.2 Å². The Morgan fingerprint density at radius 3 is 2.50 bits per heavy atom. The molecule has 1 aromatic carbocycles. The summed E-state index contributed by atoms with van der Waals surface area (Å²) in [5.74, 6) is -3.94. The third kappa shape index (κ3) is 2.26. The Kier molecular flexibility index (Phi) is 3.91. The highest BCUT2D eigenvalue weighted by molar-refractivity contribution is 9.10. The number of hydrogen-bond acceptors (Lipinski definition) is 2. The van der Waals surface area contributed by atoms with Crippen LogP contribution in [0.25, 0.3) is 0 Å². The van der Waals surface area contributed by atoms with Gasteiger partial charge in [-0.2, -0.15) is 5.48 Å². The molecule has 0 bridgehead atoms. The van der Waals surface area contributed by atoms with Gasteiger partial charge < -0.3 is 4.84 Å². The van der Waals surface area contributed by atoms with Crippen LogP contribution < -0.4 is 5.48 Å². The Labute approximate surface area is 87.1 Å². The van der Waals surface area contributed by atoms with E-state index in [0.717, 1.165) is 6.07 Å². The zero-order valence-corrected chi connectivity index (χ0v) is 8.79. The number of nitrogens with one attached hydrogen (secondary N) is 1. The Hall–Kier alpha value is -0.590. The summed E-state index contributed by atoms with van der Waals surface area (Å²) < 4.78 is 38.5. The van der Waals surface area contributed by atoms with Gasteiger partial charge in [0.15, 0.2) is 17.5 Å². The number of benzene rings is 1. The van der Waals surface area contributed by atoms with Gasteiger partial charge in [0, 0.05) is 12.1 Å². The summed E-state index contributed by atoms with van der Waals surface area (Å²) in [6, 6.07) is 1.15. The first-order chi connectivity index (χ1) is 6.57. The highest BCUT2D eigenvalue weighted by Gasteiger charge is 2.16. The second kappa shape index (κ2) is 4.77. The molecule has 14 heavy (non-hydrogen) atoms. The second-order valence-electron chi connectivity index (χ2n) is 2.48. The maximum Gasteiger partial charge on any atom is 0.195 e. The molecule has 0 aromatic heterocycles. The predicted octanol–water partition coefficient (Wildman–Crippen LogP) is 2.52. The Morgan fingerprint density at radius 1 is 1.29 bits per heavy atom. The quantitative estimate of drug-likeness (QED) is 0.517. The molecule has 78 valence electrons. The van der Waals surface area contributed by atoms with Gasteiger partial charge >= 0.3 is 0 Å². The van der Waals surface area contributed by atoms with Crippen molar-refractivity contribution in [2.45, 2.75) is 6.54 Å². The van der Waals surface area contributed by atoms with Crippen molar-refractivity contribution >= 4 is 15.9 Å². The van der Waals surface area contributed by atoms with E-state index >= 15 is 0 Å². The highest BCUT2D eigenvalue weighted by atomic mass is 79.9. The van der Waals surface area contributed by atoms with Gasteiger partial charge in [-0.1, -0.05) is 0 Å². The van der Waals surface area contributed by atoms with Gasteiger partial charge in [0.05, 0.1) is 11.6 Å². The minimum atomic E-state index is -1.49. The average Bonchev–Trinajstić information content (AvgIpc) is 2.18. The molecule has 2 nitrogen and oxygen atoms in total. The van der Waals surface area contributed by atoms with E-state index < -0.39 is 17.5 Å². The highest BCUT2D eigenvalue weighted by Crippen LogP contribution is 2.23. The number of halogens is 4. The van der Waals surface area contributed by atoms with Crippen molar-refractivity contribution in [2.24, 2.45) is 0 Å². The van der Waals surface area contributed by atoms with E-state index in [0.29, 0.717) is 0 Å². The van der Waals surface area contributed by atoms with E-state index in [1.54, 1.807) is 0 Å². The summed E-state index contributed by atoms with van der Waals surface area (Å²) >= 11 is 2.77. The molecule has 0 aliphatic heterocycles. The molecule has 0 aliphatic rings. The zero-order valence-electron chi connectivity index (χ0n) is 7.20. The van der Waals surface area contributed by atoms with Crippen LogP contribution >= 0.6 is 15.9 Å². The van der Waals surface area contributed by atoms with Crippen LogP contribution in [0.15, 0.2) is 10.5 Å². The number of hydrogen-bond donors (Lipinski definition) is 1. The fourth-order valence-electron chi connectivity index (χ4n) is 0.900. The lowest BCUT2D eigenvalue weighted by Gasteiger charge is -2.06. The van der Waals surface area contributed by atoms with Crippen molar-refractivity contribution in [2.75, 3.05) is 7.11 Å². The van der Waals surface area contributed by atoms with Crippen molar-refractivity contribution in [1.29, 1.82) is 0 Å². The first-order valence-electron chi connectivity index (χ1n) is 3.65. The van der Waals surface area contributed by atoms with Crippen LogP contribution in [0.3, 0.4) is 0 Å². The van der Waals surface area contributed by atoms with Crippen LogP contribution in [0.4, 0.5) is 13.2 Å². The van der Waals surface area contributed by atoms with Crippen molar-refractivity contribution in [3.8, 4) is 0 Å². The van der Waals surface area contributed by atoms with E-state index in [1.165, 1.54) is 7.11 Å².